The fourth-order valence-electron chi connectivity index (χ4n) is 4.11. The Morgan fingerprint density at radius 2 is 1.89 bits per heavy atom. The van der Waals surface area contributed by atoms with Crippen molar-refractivity contribution in [1.29, 1.82) is 0 Å². The van der Waals surface area contributed by atoms with Gasteiger partial charge in [0, 0.05) is 50.5 Å². The van der Waals surface area contributed by atoms with Crippen molar-refractivity contribution in [1.82, 2.24) is 35.1 Å². The van der Waals surface area contributed by atoms with E-state index in [1.807, 2.05) is 26.8 Å². The number of nitrogens with one attached hydrogen (secondary N) is 3. The molecule has 6 heterocycles. The second kappa shape index (κ2) is 8.80. The number of H-pyrrole nitrogens is 2. The summed E-state index contributed by atoms with van der Waals surface area (Å²) in [5, 5.41) is 10.1. The van der Waals surface area contributed by atoms with E-state index in [9.17, 15) is 4.79 Å². The van der Waals surface area contributed by atoms with Gasteiger partial charge < -0.3 is 10.3 Å². The number of aromatic nitrogens is 7. The van der Waals surface area contributed by atoms with E-state index in [4.69, 9.17) is 0 Å². The van der Waals surface area contributed by atoms with Gasteiger partial charge in [-0.05, 0) is 31.2 Å². The Labute approximate surface area is 220 Å². The number of halogens is 1. The maximum Gasteiger partial charge on any atom is 0.229 e. The van der Waals surface area contributed by atoms with Crippen LogP contribution in [0.2, 0.25) is 0 Å². The largest absolute Gasteiger partial charge is 0.335 e. The summed E-state index contributed by atoms with van der Waals surface area (Å²) in [5.41, 5.74) is 3.39. The lowest BCUT2D eigenvalue weighted by Gasteiger charge is -2.17. The molecule has 190 valence electrons. The summed E-state index contributed by atoms with van der Waals surface area (Å²) in [7, 11) is 0. The fourth-order valence-corrected chi connectivity index (χ4v) is 5.01. The Hall–Kier alpha value is -4.51. The number of carbonyl (C=O) groups is 1. The molecule has 0 spiro atoms. The van der Waals surface area contributed by atoms with Crippen molar-refractivity contribution < 1.29 is 9.18 Å². The number of fused-ring (bicyclic) bond motifs is 2. The SMILES string of the molecule is Cc1ccc(-c2ccnc3nc(-c4[nH]nc5ncc(-c6cncc(NC(=O)C(C)(C)C)c6)c(F)c45)[nH]c23)s1. The second-order valence-corrected chi connectivity index (χ2v) is 11.3. The molecule has 0 saturated carbocycles. The number of nitrogens with zero attached hydrogens (tertiary/aromatic N) is 5. The predicted octanol–water partition coefficient (Wildman–Crippen LogP) is 6.12. The highest BCUT2D eigenvalue weighted by molar-refractivity contribution is 7.15. The van der Waals surface area contributed by atoms with Crippen LogP contribution in [0.5, 0.6) is 0 Å². The fraction of sp³-hybridized carbons (Fsp3) is 0.185. The maximum atomic E-state index is 16.0. The molecule has 0 aliphatic carbocycles. The van der Waals surface area contributed by atoms with E-state index in [1.165, 1.54) is 23.5 Å². The number of hydrogen-bond donors (Lipinski definition) is 3. The molecule has 0 fully saturated rings. The van der Waals surface area contributed by atoms with Crippen LogP contribution in [-0.4, -0.2) is 41.0 Å². The van der Waals surface area contributed by atoms with E-state index in [-0.39, 0.29) is 22.5 Å². The predicted molar refractivity (Wildman–Crippen MR) is 146 cm³/mol. The summed E-state index contributed by atoms with van der Waals surface area (Å²) >= 11 is 1.68. The molecule has 11 heteroatoms. The zero-order chi connectivity index (χ0) is 26.6. The maximum absolute atomic E-state index is 16.0. The lowest BCUT2D eigenvalue weighted by atomic mass is 9.95. The first kappa shape index (κ1) is 23.9. The summed E-state index contributed by atoms with van der Waals surface area (Å²) in [6.07, 6.45) is 6.17. The molecule has 38 heavy (non-hydrogen) atoms. The minimum atomic E-state index is -0.586. The topological polar surface area (TPSA) is 125 Å². The van der Waals surface area contributed by atoms with Gasteiger partial charge in [0.05, 0.1) is 22.8 Å². The van der Waals surface area contributed by atoms with Gasteiger partial charge in [0.2, 0.25) is 5.91 Å². The van der Waals surface area contributed by atoms with Crippen LogP contribution < -0.4 is 5.32 Å². The van der Waals surface area contributed by atoms with Gasteiger partial charge in [0.15, 0.2) is 17.1 Å². The van der Waals surface area contributed by atoms with Crippen molar-refractivity contribution in [2.45, 2.75) is 27.7 Å². The molecular weight excluding hydrogens is 503 g/mol. The third-order valence-corrected chi connectivity index (χ3v) is 7.18. The van der Waals surface area contributed by atoms with Crippen LogP contribution in [0.1, 0.15) is 25.6 Å². The van der Waals surface area contributed by atoms with Crippen molar-refractivity contribution in [3.8, 4) is 33.1 Å². The standard InChI is InChI=1S/C27H23FN8OS/c1-13-5-6-18(38-13)16-7-8-30-24-21(16)33-25(34-24)22-19-20(28)17(12-31-23(19)36-35-22)14-9-15(11-29-10-14)32-26(37)27(2,3)4/h5-12H,1-4H3,(H,32,37)(H,30,33,34)(H,31,35,36). The van der Waals surface area contributed by atoms with Gasteiger partial charge in [0.25, 0.3) is 0 Å². The molecule has 0 bridgehead atoms. The highest BCUT2D eigenvalue weighted by atomic mass is 32.1. The molecular formula is C27H23FN8OS. The van der Waals surface area contributed by atoms with Gasteiger partial charge in [0.1, 0.15) is 11.5 Å². The van der Waals surface area contributed by atoms with E-state index in [0.29, 0.717) is 28.4 Å². The van der Waals surface area contributed by atoms with Crippen molar-refractivity contribution >= 4 is 45.1 Å². The van der Waals surface area contributed by atoms with Gasteiger partial charge >= 0.3 is 0 Å². The third kappa shape index (κ3) is 4.10. The molecule has 0 aliphatic rings. The molecule has 6 rings (SSSR count). The molecule has 6 aromatic rings. The lowest BCUT2D eigenvalue weighted by Crippen LogP contribution is -2.27. The Kier molecular flexibility index (Phi) is 5.53. The van der Waals surface area contributed by atoms with Crippen LogP contribution in [0.3, 0.4) is 0 Å². The number of amides is 1. The van der Waals surface area contributed by atoms with E-state index < -0.39 is 11.2 Å². The molecule has 3 N–H and O–H groups in total. The van der Waals surface area contributed by atoms with E-state index in [1.54, 1.807) is 23.6 Å². The first-order chi connectivity index (χ1) is 18.2. The van der Waals surface area contributed by atoms with Gasteiger partial charge in [-0.15, -0.1) is 11.3 Å². The molecule has 0 aliphatic heterocycles. The van der Waals surface area contributed by atoms with E-state index in [2.05, 4.69) is 59.5 Å². The molecule has 0 aromatic carbocycles. The Morgan fingerprint density at radius 3 is 2.66 bits per heavy atom. The molecule has 1 amide bonds. The van der Waals surface area contributed by atoms with Crippen LogP contribution in [0.25, 0.3) is 55.3 Å². The van der Waals surface area contributed by atoms with Crippen LogP contribution in [-0.2, 0) is 4.79 Å². The summed E-state index contributed by atoms with van der Waals surface area (Å²) in [4.78, 5) is 35.6. The Bertz CT molecular complexity index is 1850. The molecule has 0 unspecified atom stereocenters. The van der Waals surface area contributed by atoms with Gasteiger partial charge in [-0.25, -0.2) is 19.3 Å². The number of pyridine rings is 3. The van der Waals surface area contributed by atoms with Crippen LogP contribution in [0.15, 0.2) is 49.1 Å². The zero-order valence-corrected chi connectivity index (χ0v) is 21.9. The number of hydrogen-bond acceptors (Lipinski definition) is 7. The second-order valence-electron chi connectivity index (χ2n) is 10.0. The minimum Gasteiger partial charge on any atom is -0.335 e. The lowest BCUT2D eigenvalue weighted by molar-refractivity contribution is -0.123. The number of aryl methyl sites for hydroxylation is 1. The molecule has 0 saturated heterocycles. The Morgan fingerprint density at radius 1 is 1.05 bits per heavy atom. The zero-order valence-electron chi connectivity index (χ0n) is 21.0. The average Bonchev–Trinajstić information content (AvgIpc) is 3.61. The number of carbonyl (C=O) groups excluding carboxylic acids is 1. The molecule has 9 nitrogen and oxygen atoms in total. The van der Waals surface area contributed by atoms with Crippen LogP contribution >= 0.6 is 11.3 Å². The molecule has 0 atom stereocenters. The van der Waals surface area contributed by atoms with E-state index >= 15 is 4.39 Å². The van der Waals surface area contributed by atoms with Crippen molar-refractivity contribution in [2.24, 2.45) is 5.41 Å². The van der Waals surface area contributed by atoms with E-state index in [0.717, 1.165) is 16.0 Å². The normalized spacial score (nSPS) is 11.9. The number of thiophene rings is 1. The number of aromatic amines is 2. The van der Waals surface area contributed by atoms with Gasteiger partial charge in [-0.1, -0.05) is 20.8 Å². The van der Waals surface area contributed by atoms with Crippen LogP contribution in [0.4, 0.5) is 10.1 Å². The third-order valence-electron chi connectivity index (χ3n) is 6.14. The minimum absolute atomic E-state index is 0.168. The van der Waals surface area contributed by atoms with Crippen molar-refractivity contribution in [3.63, 3.8) is 0 Å². The average molecular weight is 527 g/mol. The summed E-state index contributed by atoms with van der Waals surface area (Å²) in [6, 6.07) is 7.72. The number of imidazole rings is 1. The summed E-state index contributed by atoms with van der Waals surface area (Å²) in [6.45, 7) is 7.50. The number of anilines is 1. The molecule has 6 aromatic heterocycles. The smallest absolute Gasteiger partial charge is 0.229 e. The van der Waals surface area contributed by atoms with Gasteiger partial charge in [-0.2, -0.15) is 5.10 Å². The van der Waals surface area contributed by atoms with Crippen LogP contribution in [0, 0.1) is 18.2 Å². The summed E-state index contributed by atoms with van der Waals surface area (Å²) < 4.78 is 16.0. The molecule has 0 radical (unpaired) electrons. The first-order valence-electron chi connectivity index (χ1n) is 11.9. The summed E-state index contributed by atoms with van der Waals surface area (Å²) in [5.74, 6) is -0.293. The monoisotopic (exact) mass is 526 g/mol. The quantitative estimate of drug-likeness (QED) is 0.254. The van der Waals surface area contributed by atoms with Crippen molar-refractivity contribution in [3.05, 3.63) is 59.7 Å². The van der Waals surface area contributed by atoms with Crippen molar-refractivity contribution in [2.75, 3.05) is 5.32 Å². The highest BCUT2D eigenvalue weighted by Gasteiger charge is 2.23. The Balaban J connectivity index is 1.44. The van der Waals surface area contributed by atoms with Gasteiger partial charge in [-0.3, -0.25) is 14.9 Å². The highest BCUT2D eigenvalue weighted by Crippen LogP contribution is 2.36. The number of rotatable bonds is 4. The first-order valence-corrected chi connectivity index (χ1v) is 12.7.